The summed E-state index contributed by atoms with van der Waals surface area (Å²) in [7, 11) is -4.09. The number of carboxylic acids is 1. The topological polar surface area (TPSA) is 133 Å². The van der Waals surface area contributed by atoms with Crippen molar-refractivity contribution in [2.75, 3.05) is 13.1 Å². The zero-order chi connectivity index (χ0) is 29.4. The smallest absolute Gasteiger partial charge is 0.411 e. The quantitative estimate of drug-likeness (QED) is 0.373. The Morgan fingerprint density at radius 1 is 0.951 bits per heavy atom. The van der Waals surface area contributed by atoms with Crippen LogP contribution in [0.2, 0.25) is 0 Å². The summed E-state index contributed by atoms with van der Waals surface area (Å²) in [6.07, 6.45) is -2.56. The number of hydrogen-bond acceptors (Lipinski definition) is 6. The van der Waals surface area contributed by atoms with Gasteiger partial charge in [0.1, 0.15) is 6.61 Å². The molecule has 41 heavy (non-hydrogen) atoms. The summed E-state index contributed by atoms with van der Waals surface area (Å²) < 4.78 is 33.8. The number of ether oxygens (including phenoxy) is 1. The van der Waals surface area contributed by atoms with Gasteiger partial charge in [0, 0.05) is 13.1 Å². The molecule has 0 radical (unpaired) electrons. The van der Waals surface area contributed by atoms with E-state index in [0.29, 0.717) is 11.1 Å². The highest BCUT2D eigenvalue weighted by Crippen LogP contribution is 2.25. The first-order valence-corrected chi connectivity index (χ1v) is 14.8. The molecule has 1 aliphatic rings. The van der Waals surface area contributed by atoms with Crippen LogP contribution in [0.3, 0.4) is 0 Å². The van der Waals surface area contributed by atoms with Gasteiger partial charge >= 0.3 is 12.1 Å². The van der Waals surface area contributed by atoms with E-state index in [1.165, 1.54) is 0 Å². The third-order valence-electron chi connectivity index (χ3n) is 6.71. The van der Waals surface area contributed by atoms with Crippen LogP contribution in [0.15, 0.2) is 84.9 Å². The number of amides is 2. The number of carboxylic acid groups (broad SMARTS) is 1. The predicted molar refractivity (Wildman–Crippen MR) is 152 cm³/mol. The van der Waals surface area contributed by atoms with Crippen LogP contribution in [0.4, 0.5) is 4.79 Å². The maximum Gasteiger partial charge on any atom is 0.411 e. The number of rotatable bonds is 10. The highest BCUT2D eigenvalue weighted by atomic mass is 32.2. The Bertz CT molecular complexity index is 1470. The molecule has 2 atom stereocenters. The lowest BCUT2D eigenvalue weighted by atomic mass is 10.0. The van der Waals surface area contributed by atoms with Crippen LogP contribution < -0.4 is 5.32 Å². The first kappa shape index (κ1) is 29.8. The number of benzene rings is 3. The maximum absolute atomic E-state index is 13.9. The summed E-state index contributed by atoms with van der Waals surface area (Å²) in [5.74, 6) is -2.33. The second kappa shape index (κ2) is 13.4. The molecule has 0 bridgehead atoms. The monoisotopic (exact) mass is 579 g/mol. The number of aliphatic carboxylic acids is 1. The average Bonchev–Trinajstić information content (AvgIpc) is 2.95. The summed E-state index contributed by atoms with van der Waals surface area (Å²) in [6.45, 7) is 1.86. The summed E-state index contributed by atoms with van der Waals surface area (Å²) in [5.41, 5.74) is 2.67. The third kappa shape index (κ3) is 7.92. The van der Waals surface area contributed by atoms with Gasteiger partial charge in [-0.3, -0.25) is 14.5 Å². The van der Waals surface area contributed by atoms with Gasteiger partial charge in [-0.15, -0.1) is 0 Å². The Balaban J connectivity index is 1.65. The molecule has 216 valence electrons. The van der Waals surface area contributed by atoms with Crippen molar-refractivity contribution in [1.29, 1.82) is 0 Å². The molecule has 0 spiro atoms. The Kier molecular flexibility index (Phi) is 9.74. The van der Waals surface area contributed by atoms with Crippen molar-refractivity contribution in [1.82, 2.24) is 14.5 Å². The zero-order valence-electron chi connectivity index (χ0n) is 22.7. The van der Waals surface area contributed by atoms with Gasteiger partial charge in [-0.25, -0.2) is 13.2 Å². The minimum atomic E-state index is -4.09. The van der Waals surface area contributed by atoms with Crippen molar-refractivity contribution in [3.63, 3.8) is 0 Å². The highest BCUT2D eigenvalue weighted by molar-refractivity contribution is 7.88. The normalized spacial score (nSPS) is 16.5. The fourth-order valence-corrected chi connectivity index (χ4v) is 6.48. The summed E-state index contributed by atoms with van der Waals surface area (Å²) in [6, 6.07) is 23.6. The molecule has 1 aliphatic heterocycles. The molecule has 0 saturated carbocycles. The van der Waals surface area contributed by atoms with Gasteiger partial charge in [-0.05, 0) is 30.0 Å². The van der Waals surface area contributed by atoms with Gasteiger partial charge in [0.15, 0.2) is 6.17 Å². The Labute approximate surface area is 239 Å². The molecule has 4 rings (SSSR count). The van der Waals surface area contributed by atoms with Crippen molar-refractivity contribution in [2.45, 2.75) is 44.3 Å². The summed E-state index contributed by atoms with van der Waals surface area (Å²) in [4.78, 5) is 40.0. The van der Waals surface area contributed by atoms with Crippen molar-refractivity contribution in [3.8, 4) is 0 Å². The molecule has 2 amide bonds. The van der Waals surface area contributed by atoms with Gasteiger partial charge < -0.3 is 15.2 Å². The van der Waals surface area contributed by atoms with Crippen molar-refractivity contribution < 1.29 is 32.6 Å². The Morgan fingerprint density at radius 2 is 1.61 bits per heavy atom. The molecule has 1 fully saturated rings. The number of nitrogens with zero attached hydrogens (tertiary/aromatic N) is 2. The van der Waals surface area contributed by atoms with Crippen LogP contribution in [-0.2, 0) is 36.7 Å². The lowest BCUT2D eigenvalue weighted by Gasteiger charge is -2.41. The number of aryl methyl sites for hydroxylation is 1. The van der Waals surface area contributed by atoms with Gasteiger partial charge in [0.05, 0.1) is 18.2 Å². The minimum Gasteiger partial charge on any atom is -0.481 e. The van der Waals surface area contributed by atoms with Gasteiger partial charge in [-0.2, -0.15) is 4.31 Å². The number of carbonyl (C=O) groups is 3. The van der Waals surface area contributed by atoms with Gasteiger partial charge in [0.25, 0.3) is 5.91 Å². The molecule has 2 unspecified atom stereocenters. The molecule has 0 aliphatic carbocycles. The molecule has 1 saturated heterocycles. The van der Waals surface area contributed by atoms with E-state index in [0.717, 1.165) is 20.3 Å². The standard InChI is InChI=1S/C30H33N3O7S/c1-22-10-8-15-25(18-22)26(19-27(34)35)31-28(36)29-32(30(37)40-20-23-11-4-2-5-12-23)16-9-17-33(29)41(38,39)21-24-13-6-3-7-14-24/h2-8,10-15,18,26,29H,9,16-17,19-21H2,1H3,(H,31,36)(H,34,35). The molecular weight excluding hydrogens is 546 g/mol. The Morgan fingerprint density at radius 3 is 2.24 bits per heavy atom. The number of sulfonamides is 1. The fourth-order valence-electron chi connectivity index (χ4n) is 4.78. The van der Waals surface area contributed by atoms with E-state index >= 15 is 0 Å². The molecule has 3 aromatic rings. The number of carbonyl (C=O) groups excluding carboxylic acids is 2. The summed E-state index contributed by atoms with van der Waals surface area (Å²) in [5, 5.41) is 12.3. The highest BCUT2D eigenvalue weighted by Gasteiger charge is 2.44. The van der Waals surface area contributed by atoms with Crippen LogP contribution in [0.5, 0.6) is 0 Å². The van der Waals surface area contributed by atoms with Crippen molar-refractivity contribution >= 4 is 28.0 Å². The van der Waals surface area contributed by atoms with Crippen LogP contribution >= 0.6 is 0 Å². The van der Waals surface area contributed by atoms with Crippen LogP contribution in [0.1, 0.15) is 41.1 Å². The largest absolute Gasteiger partial charge is 0.481 e. The number of hydrogen-bond donors (Lipinski definition) is 2. The van der Waals surface area contributed by atoms with E-state index < -0.39 is 46.6 Å². The molecule has 0 aromatic heterocycles. The van der Waals surface area contributed by atoms with E-state index in [1.807, 2.05) is 19.1 Å². The van der Waals surface area contributed by atoms with Gasteiger partial charge in [0.2, 0.25) is 10.0 Å². The Hall–Kier alpha value is -4.22. The molecule has 11 heteroatoms. The average molecular weight is 580 g/mol. The van der Waals surface area contributed by atoms with Crippen LogP contribution in [0, 0.1) is 6.92 Å². The lowest BCUT2D eigenvalue weighted by Crippen LogP contribution is -2.63. The maximum atomic E-state index is 13.9. The molecule has 3 aromatic carbocycles. The van der Waals surface area contributed by atoms with Crippen molar-refractivity contribution in [3.05, 3.63) is 107 Å². The van der Waals surface area contributed by atoms with E-state index in [9.17, 15) is 27.9 Å². The van der Waals surface area contributed by atoms with E-state index in [-0.39, 0.29) is 31.9 Å². The van der Waals surface area contributed by atoms with E-state index in [2.05, 4.69) is 5.32 Å². The fraction of sp³-hybridized carbons (Fsp3) is 0.300. The van der Waals surface area contributed by atoms with Gasteiger partial charge in [-0.1, -0.05) is 90.5 Å². The molecule has 10 nitrogen and oxygen atoms in total. The second-order valence-corrected chi connectivity index (χ2v) is 11.8. The third-order valence-corrected chi connectivity index (χ3v) is 8.50. The van der Waals surface area contributed by atoms with Crippen molar-refractivity contribution in [2.24, 2.45) is 0 Å². The molecular formula is C30H33N3O7S. The molecule has 2 N–H and O–H groups in total. The first-order valence-electron chi connectivity index (χ1n) is 13.2. The SMILES string of the molecule is Cc1cccc(C(CC(=O)O)NC(=O)C2N(C(=O)OCc3ccccc3)CCCN2S(=O)(=O)Cc2ccccc2)c1. The zero-order valence-corrected chi connectivity index (χ0v) is 23.5. The van der Waals surface area contributed by atoms with Crippen LogP contribution in [-0.4, -0.2) is 60.0 Å². The predicted octanol–water partition coefficient (Wildman–Crippen LogP) is 3.83. The van der Waals surface area contributed by atoms with E-state index in [4.69, 9.17) is 4.74 Å². The first-order chi connectivity index (χ1) is 19.6. The molecule has 1 heterocycles. The lowest BCUT2D eigenvalue weighted by molar-refractivity contribution is -0.138. The second-order valence-electron chi connectivity index (χ2n) is 9.89. The minimum absolute atomic E-state index is 0.00373. The van der Waals surface area contributed by atoms with Crippen LogP contribution in [0.25, 0.3) is 0 Å². The summed E-state index contributed by atoms with van der Waals surface area (Å²) >= 11 is 0. The number of nitrogens with one attached hydrogen (secondary N) is 1. The van der Waals surface area contributed by atoms with E-state index in [1.54, 1.807) is 72.8 Å².